The summed E-state index contributed by atoms with van der Waals surface area (Å²) in [4.78, 5) is 5.01. The topological polar surface area (TPSA) is 50.1 Å². The van der Waals surface area contributed by atoms with Gasteiger partial charge in [0.15, 0.2) is 0 Å². The van der Waals surface area contributed by atoms with Crippen LogP contribution in [-0.2, 0) is 23.7 Å². The Hall–Kier alpha value is -2.45. The van der Waals surface area contributed by atoms with Crippen molar-refractivity contribution in [3.63, 3.8) is 0 Å². The Labute approximate surface area is 212 Å². The van der Waals surface area contributed by atoms with E-state index in [2.05, 4.69) is 33.5 Å². The number of fused-ring (bicyclic) bond motifs is 4. The van der Waals surface area contributed by atoms with Crippen LogP contribution in [0.5, 0.6) is 5.75 Å². The highest BCUT2D eigenvalue weighted by Crippen LogP contribution is 2.50. The molecule has 1 N–H and O–H groups in total. The van der Waals surface area contributed by atoms with Crippen molar-refractivity contribution < 1.29 is 19.0 Å². The van der Waals surface area contributed by atoms with E-state index in [1.165, 1.54) is 28.8 Å². The summed E-state index contributed by atoms with van der Waals surface area (Å²) in [5, 5.41) is 11.9. The average molecular weight is 494 g/mol. The molecular weight excluding hydrogens is 457 g/mol. The van der Waals surface area contributed by atoms with E-state index in [-0.39, 0.29) is 23.9 Å². The maximum Gasteiger partial charge on any atom is 0.123 e. The van der Waals surface area contributed by atoms with Crippen LogP contribution in [0.1, 0.15) is 35.7 Å². The Bertz CT molecular complexity index is 1230. The molecule has 6 rings (SSSR count). The lowest BCUT2D eigenvalue weighted by Gasteiger charge is -2.57. The van der Waals surface area contributed by atoms with Crippen LogP contribution in [0.2, 0.25) is 0 Å². The Kier molecular flexibility index (Phi) is 6.28. The molecule has 192 valence electrons. The van der Waals surface area contributed by atoms with Crippen molar-refractivity contribution in [2.24, 2.45) is 13.0 Å². The molecule has 0 aliphatic carbocycles. The molecule has 2 fully saturated rings. The van der Waals surface area contributed by atoms with Gasteiger partial charge in [0.25, 0.3) is 0 Å². The minimum absolute atomic E-state index is 0.000297. The molecule has 0 radical (unpaired) electrons. The monoisotopic (exact) mass is 493 g/mol. The van der Waals surface area contributed by atoms with E-state index in [0.29, 0.717) is 12.5 Å². The fourth-order valence-electron chi connectivity index (χ4n) is 6.94. The fraction of sp³-hybridized carbons (Fsp3) is 0.517. The van der Waals surface area contributed by atoms with Crippen LogP contribution >= 0.6 is 0 Å². The molecule has 0 unspecified atom stereocenters. The normalized spacial score (nSPS) is 22.6. The summed E-state index contributed by atoms with van der Waals surface area (Å²) in [5.41, 5.74) is 4.79. The summed E-state index contributed by atoms with van der Waals surface area (Å²) in [6, 6.07) is 13.0. The molecule has 3 aliphatic heterocycles. The number of ether oxygens (including phenoxy) is 2. The summed E-state index contributed by atoms with van der Waals surface area (Å²) < 4.78 is 27.0. The minimum Gasteiger partial charge on any atom is -0.497 e. The molecule has 0 bridgehead atoms. The van der Waals surface area contributed by atoms with Gasteiger partial charge in [0.2, 0.25) is 0 Å². The summed E-state index contributed by atoms with van der Waals surface area (Å²) in [5.74, 6) is 1.32. The van der Waals surface area contributed by atoms with E-state index < -0.39 is 0 Å². The largest absolute Gasteiger partial charge is 0.497 e. The van der Waals surface area contributed by atoms with Gasteiger partial charge in [-0.1, -0.05) is 12.1 Å². The van der Waals surface area contributed by atoms with Gasteiger partial charge in [0, 0.05) is 75.5 Å². The van der Waals surface area contributed by atoms with E-state index in [9.17, 15) is 9.50 Å². The summed E-state index contributed by atoms with van der Waals surface area (Å²) in [7, 11) is 3.81. The van der Waals surface area contributed by atoms with Crippen LogP contribution in [0.25, 0.3) is 10.9 Å². The Morgan fingerprint density at radius 1 is 1.08 bits per heavy atom. The molecule has 1 aromatic heterocycles. The first-order valence-electron chi connectivity index (χ1n) is 13.1. The lowest BCUT2D eigenvalue weighted by molar-refractivity contribution is -0.0266. The van der Waals surface area contributed by atoms with Crippen LogP contribution in [0.15, 0.2) is 42.5 Å². The van der Waals surface area contributed by atoms with Crippen LogP contribution in [0, 0.1) is 11.7 Å². The number of aryl methyl sites for hydroxylation is 1. The smallest absolute Gasteiger partial charge is 0.123 e. The van der Waals surface area contributed by atoms with Crippen molar-refractivity contribution in [3.05, 3.63) is 65.1 Å². The summed E-state index contributed by atoms with van der Waals surface area (Å²) in [6.45, 7) is 6.50. The van der Waals surface area contributed by atoms with Crippen LogP contribution in [0.3, 0.4) is 0 Å². The molecule has 0 amide bonds. The zero-order valence-electron chi connectivity index (χ0n) is 21.3. The number of hydrogen-bond donors (Lipinski definition) is 1. The molecule has 36 heavy (non-hydrogen) atoms. The van der Waals surface area contributed by atoms with Gasteiger partial charge in [-0.25, -0.2) is 4.39 Å². The second kappa shape index (κ2) is 9.45. The lowest BCUT2D eigenvalue weighted by atomic mass is 9.68. The Morgan fingerprint density at radius 2 is 1.83 bits per heavy atom. The molecule has 1 spiro atoms. The van der Waals surface area contributed by atoms with Gasteiger partial charge in [-0.2, -0.15) is 0 Å². The molecule has 6 nitrogen and oxygen atoms in total. The van der Waals surface area contributed by atoms with Gasteiger partial charge in [-0.3, -0.25) is 4.90 Å². The minimum atomic E-state index is -0.222. The third-order valence-corrected chi connectivity index (χ3v) is 8.63. The van der Waals surface area contributed by atoms with Crippen molar-refractivity contribution in [1.82, 2.24) is 14.4 Å². The fourth-order valence-corrected chi connectivity index (χ4v) is 6.94. The molecule has 2 aromatic carbocycles. The van der Waals surface area contributed by atoms with E-state index >= 15 is 0 Å². The van der Waals surface area contributed by atoms with E-state index in [4.69, 9.17) is 9.47 Å². The second-order valence-corrected chi connectivity index (χ2v) is 10.9. The zero-order chi connectivity index (χ0) is 24.9. The quantitative estimate of drug-likeness (QED) is 0.565. The first-order chi connectivity index (χ1) is 17.5. The molecule has 2 saturated heterocycles. The van der Waals surface area contributed by atoms with Gasteiger partial charge in [0.05, 0.1) is 25.3 Å². The maximum absolute atomic E-state index is 13.6. The number of hydrogen-bond acceptors (Lipinski definition) is 5. The molecular formula is C29H36FN3O3. The van der Waals surface area contributed by atoms with Gasteiger partial charge in [-0.15, -0.1) is 0 Å². The Morgan fingerprint density at radius 3 is 2.53 bits per heavy atom. The van der Waals surface area contributed by atoms with Crippen LogP contribution < -0.4 is 4.74 Å². The number of benzene rings is 2. The SMILES string of the molecule is COc1ccc2c3c(n(C)c2c1)[C@H](CO)N(Cc1ccc(F)cc1)CC31CN(CC2CCOCC2)C1. The highest BCUT2D eigenvalue weighted by atomic mass is 19.1. The van der Waals surface area contributed by atoms with E-state index in [1.54, 1.807) is 7.11 Å². The van der Waals surface area contributed by atoms with Crippen molar-refractivity contribution in [3.8, 4) is 5.75 Å². The molecule has 7 heteroatoms. The number of halogens is 1. The maximum atomic E-state index is 13.6. The number of rotatable bonds is 6. The van der Waals surface area contributed by atoms with Gasteiger partial charge in [0.1, 0.15) is 11.6 Å². The van der Waals surface area contributed by atoms with Crippen LogP contribution in [-0.4, -0.2) is 72.6 Å². The number of nitrogens with zero attached hydrogens (tertiary/aromatic N) is 3. The molecule has 1 atom stereocenters. The van der Waals surface area contributed by atoms with Gasteiger partial charge >= 0.3 is 0 Å². The highest BCUT2D eigenvalue weighted by molar-refractivity contribution is 5.89. The number of methoxy groups -OCH3 is 1. The molecule has 3 aromatic rings. The van der Waals surface area contributed by atoms with Gasteiger partial charge in [-0.05, 0) is 54.2 Å². The first-order valence-corrected chi connectivity index (χ1v) is 13.1. The third kappa shape index (κ3) is 4.02. The number of aliphatic hydroxyl groups is 1. The number of likely N-dealkylation sites (tertiary alicyclic amines) is 1. The van der Waals surface area contributed by atoms with E-state index in [0.717, 1.165) is 69.1 Å². The predicted octanol–water partition coefficient (Wildman–Crippen LogP) is 3.86. The van der Waals surface area contributed by atoms with E-state index in [1.807, 2.05) is 18.2 Å². The zero-order valence-corrected chi connectivity index (χ0v) is 21.3. The van der Waals surface area contributed by atoms with Crippen LogP contribution in [0.4, 0.5) is 4.39 Å². The third-order valence-electron chi connectivity index (χ3n) is 8.63. The molecule has 4 heterocycles. The van der Waals surface area contributed by atoms with Crippen molar-refractivity contribution >= 4 is 10.9 Å². The number of aromatic nitrogens is 1. The summed E-state index contributed by atoms with van der Waals surface area (Å²) >= 11 is 0. The first kappa shape index (κ1) is 23.9. The Balaban J connectivity index is 1.38. The predicted molar refractivity (Wildman–Crippen MR) is 138 cm³/mol. The second-order valence-electron chi connectivity index (χ2n) is 10.9. The average Bonchev–Trinajstić information content (AvgIpc) is 3.17. The standard InChI is InChI=1S/C29H36FN3O3/c1-31-25-13-23(35-2)7-8-24(25)27-28(31)26(16-34)33(15-20-3-5-22(30)6-4-20)19-29(27)17-32(18-29)14-21-9-11-36-12-10-21/h3-8,13,21,26,34H,9-12,14-19H2,1-2H3/t26-/m0/s1. The highest BCUT2D eigenvalue weighted by Gasteiger charge is 2.53. The summed E-state index contributed by atoms with van der Waals surface area (Å²) in [6.07, 6.45) is 2.29. The van der Waals surface area contributed by atoms with Gasteiger partial charge < -0.3 is 24.0 Å². The number of aliphatic hydroxyl groups excluding tert-OH is 1. The molecule has 3 aliphatic rings. The van der Waals surface area contributed by atoms with Crippen molar-refractivity contribution in [2.75, 3.05) is 53.1 Å². The lowest BCUT2D eigenvalue weighted by Crippen LogP contribution is -2.67. The molecule has 0 saturated carbocycles. The van der Waals surface area contributed by atoms with Crippen molar-refractivity contribution in [1.29, 1.82) is 0 Å². The van der Waals surface area contributed by atoms with Crippen molar-refractivity contribution in [2.45, 2.75) is 30.8 Å².